The largest absolute Gasteiger partial charge is 0.477 e. The van der Waals surface area contributed by atoms with Crippen LogP contribution < -0.4 is 0 Å². The number of ether oxygens (including phenoxy) is 1. The van der Waals surface area contributed by atoms with Crippen LogP contribution in [0.15, 0.2) is 24.3 Å². The van der Waals surface area contributed by atoms with E-state index < -0.39 is 11.6 Å². The van der Waals surface area contributed by atoms with Crippen molar-refractivity contribution in [1.29, 1.82) is 0 Å². The molecule has 0 aliphatic carbocycles. The van der Waals surface area contributed by atoms with Gasteiger partial charge in [0.05, 0.1) is 0 Å². The summed E-state index contributed by atoms with van der Waals surface area (Å²) in [6.45, 7) is 8.37. The van der Waals surface area contributed by atoms with E-state index in [4.69, 9.17) is 4.74 Å². The van der Waals surface area contributed by atoms with Gasteiger partial charge >= 0.3 is 12.1 Å². The van der Waals surface area contributed by atoms with E-state index in [2.05, 4.69) is 4.98 Å². The molecular formula is C20H24N2O4. The molecule has 2 heterocycles. The summed E-state index contributed by atoms with van der Waals surface area (Å²) < 4.78 is 5.41. The lowest BCUT2D eigenvalue weighted by Gasteiger charge is -2.29. The maximum Gasteiger partial charge on any atom is 0.410 e. The Morgan fingerprint density at radius 2 is 2.00 bits per heavy atom. The molecule has 1 aliphatic rings. The summed E-state index contributed by atoms with van der Waals surface area (Å²) in [6, 6.07) is 5.81. The molecular weight excluding hydrogens is 332 g/mol. The summed E-state index contributed by atoms with van der Waals surface area (Å²) in [5.74, 6) is -0.980. The van der Waals surface area contributed by atoms with Crippen LogP contribution in [0, 0.1) is 6.92 Å². The minimum absolute atomic E-state index is 0.200. The minimum atomic E-state index is -0.980. The first-order valence-electron chi connectivity index (χ1n) is 8.69. The van der Waals surface area contributed by atoms with Gasteiger partial charge in [-0.05, 0) is 45.3 Å². The van der Waals surface area contributed by atoms with E-state index in [1.54, 1.807) is 4.90 Å². The molecule has 3 rings (SSSR count). The van der Waals surface area contributed by atoms with E-state index in [-0.39, 0.29) is 11.8 Å². The van der Waals surface area contributed by atoms with Crippen LogP contribution in [0.4, 0.5) is 4.79 Å². The molecule has 0 bridgehead atoms. The lowest BCUT2D eigenvalue weighted by Crippen LogP contribution is -2.39. The number of aromatic nitrogens is 1. The SMILES string of the molecule is Cc1cccc2c(C3=CCN(C(=O)OC(C)(C)C)CC3)c(C(=O)O)[nH]c12. The number of carbonyl (C=O) groups excluding carboxylic acids is 1. The van der Waals surface area contributed by atoms with E-state index in [0.29, 0.717) is 19.5 Å². The van der Waals surface area contributed by atoms with Gasteiger partial charge in [0.15, 0.2) is 0 Å². The number of amides is 1. The smallest absolute Gasteiger partial charge is 0.410 e. The zero-order valence-corrected chi connectivity index (χ0v) is 15.5. The van der Waals surface area contributed by atoms with Crippen molar-refractivity contribution in [3.05, 3.63) is 41.1 Å². The lowest BCUT2D eigenvalue weighted by atomic mass is 9.96. The third-order valence-corrected chi connectivity index (χ3v) is 4.44. The summed E-state index contributed by atoms with van der Waals surface area (Å²) in [4.78, 5) is 28.6. The number of carbonyl (C=O) groups is 2. The van der Waals surface area contributed by atoms with Gasteiger partial charge in [-0.3, -0.25) is 0 Å². The number of para-hydroxylation sites is 1. The van der Waals surface area contributed by atoms with E-state index in [0.717, 1.165) is 27.6 Å². The van der Waals surface area contributed by atoms with E-state index in [9.17, 15) is 14.7 Å². The Morgan fingerprint density at radius 3 is 2.58 bits per heavy atom. The van der Waals surface area contributed by atoms with Crippen molar-refractivity contribution in [2.24, 2.45) is 0 Å². The molecule has 0 spiro atoms. The molecule has 2 N–H and O–H groups in total. The number of aromatic amines is 1. The Hall–Kier alpha value is -2.76. The van der Waals surface area contributed by atoms with Crippen LogP contribution >= 0.6 is 0 Å². The molecule has 6 heteroatoms. The molecule has 1 aromatic carbocycles. The Bertz CT molecular complexity index is 902. The van der Waals surface area contributed by atoms with Crippen molar-refractivity contribution in [3.63, 3.8) is 0 Å². The number of fused-ring (bicyclic) bond motifs is 1. The van der Waals surface area contributed by atoms with Gasteiger partial charge in [-0.2, -0.15) is 0 Å². The molecule has 0 radical (unpaired) electrons. The molecule has 1 aliphatic heterocycles. The Labute approximate surface area is 152 Å². The second kappa shape index (κ2) is 6.52. The van der Waals surface area contributed by atoms with Gasteiger partial charge in [-0.25, -0.2) is 9.59 Å². The summed E-state index contributed by atoms with van der Waals surface area (Å²) in [7, 11) is 0. The number of carboxylic acids is 1. The van der Waals surface area contributed by atoms with Gasteiger partial charge in [0.1, 0.15) is 11.3 Å². The quantitative estimate of drug-likeness (QED) is 0.845. The van der Waals surface area contributed by atoms with Crippen molar-refractivity contribution >= 4 is 28.5 Å². The number of hydrogen-bond acceptors (Lipinski definition) is 3. The minimum Gasteiger partial charge on any atom is -0.477 e. The first kappa shape index (κ1) is 18.0. The average Bonchev–Trinajstić information content (AvgIpc) is 2.94. The van der Waals surface area contributed by atoms with Crippen molar-refractivity contribution < 1.29 is 19.4 Å². The molecule has 0 saturated heterocycles. The highest BCUT2D eigenvalue weighted by Crippen LogP contribution is 2.34. The number of carboxylic acid groups (broad SMARTS) is 1. The summed E-state index contributed by atoms with van der Waals surface area (Å²) in [5.41, 5.74) is 3.18. The van der Waals surface area contributed by atoms with Gasteiger partial charge < -0.3 is 19.7 Å². The van der Waals surface area contributed by atoms with E-state index >= 15 is 0 Å². The summed E-state index contributed by atoms with van der Waals surface area (Å²) >= 11 is 0. The summed E-state index contributed by atoms with van der Waals surface area (Å²) in [5, 5.41) is 10.5. The third kappa shape index (κ3) is 3.45. The van der Waals surface area contributed by atoms with Crippen molar-refractivity contribution in [1.82, 2.24) is 9.88 Å². The number of H-pyrrole nitrogens is 1. The maximum atomic E-state index is 12.2. The normalized spacial score (nSPS) is 15.1. The highest BCUT2D eigenvalue weighted by molar-refractivity contribution is 6.05. The number of nitrogens with zero attached hydrogens (tertiary/aromatic N) is 1. The monoisotopic (exact) mass is 356 g/mol. The molecule has 26 heavy (non-hydrogen) atoms. The molecule has 2 aromatic rings. The van der Waals surface area contributed by atoms with Crippen LogP contribution in [-0.2, 0) is 4.74 Å². The second-order valence-corrected chi connectivity index (χ2v) is 7.58. The number of aromatic carboxylic acids is 1. The predicted molar refractivity (Wildman–Crippen MR) is 100 cm³/mol. The zero-order valence-electron chi connectivity index (χ0n) is 15.5. The molecule has 138 valence electrons. The Balaban J connectivity index is 1.93. The van der Waals surface area contributed by atoms with Gasteiger partial charge in [0.2, 0.25) is 0 Å². The van der Waals surface area contributed by atoms with E-state index in [1.807, 2.05) is 52.0 Å². The summed E-state index contributed by atoms with van der Waals surface area (Å²) in [6.07, 6.45) is 2.16. The number of rotatable bonds is 2. The van der Waals surface area contributed by atoms with Crippen LogP contribution in [0.3, 0.4) is 0 Å². The van der Waals surface area contributed by atoms with Gasteiger partial charge in [0.25, 0.3) is 0 Å². The number of aryl methyl sites for hydroxylation is 1. The number of benzene rings is 1. The second-order valence-electron chi connectivity index (χ2n) is 7.58. The number of nitrogens with one attached hydrogen (secondary N) is 1. The first-order chi connectivity index (χ1) is 12.2. The third-order valence-electron chi connectivity index (χ3n) is 4.44. The molecule has 1 amide bonds. The van der Waals surface area contributed by atoms with Crippen molar-refractivity contribution in [2.75, 3.05) is 13.1 Å². The van der Waals surface area contributed by atoms with Gasteiger partial charge in [0, 0.05) is 29.6 Å². The van der Waals surface area contributed by atoms with Crippen LogP contribution in [0.25, 0.3) is 16.5 Å². The molecule has 0 atom stereocenters. The van der Waals surface area contributed by atoms with Crippen molar-refractivity contribution in [2.45, 2.75) is 39.7 Å². The van der Waals surface area contributed by atoms with Crippen molar-refractivity contribution in [3.8, 4) is 0 Å². The van der Waals surface area contributed by atoms with Crippen LogP contribution in [0.2, 0.25) is 0 Å². The fourth-order valence-electron chi connectivity index (χ4n) is 3.25. The fraction of sp³-hybridized carbons (Fsp3) is 0.400. The lowest BCUT2D eigenvalue weighted by molar-refractivity contribution is 0.0270. The predicted octanol–water partition coefficient (Wildman–Crippen LogP) is 4.20. The zero-order chi connectivity index (χ0) is 19.1. The average molecular weight is 356 g/mol. The highest BCUT2D eigenvalue weighted by Gasteiger charge is 2.27. The molecule has 0 unspecified atom stereocenters. The Morgan fingerprint density at radius 1 is 1.27 bits per heavy atom. The van der Waals surface area contributed by atoms with Gasteiger partial charge in [-0.15, -0.1) is 0 Å². The molecule has 1 aromatic heterocycles. The number of hydrogen-bond donors (Lipinski definition) is 2. The fourth-order valence-corrected chi connectivity index (χ4v) is 3.25. The highest BCUT2D eigenvalue weighted by atomic mass is 16.6. The first-order valence-corrected chi connectivity index (χ1v) is 8.69. The molecule has 0 fully saturated rings. The van der Waals surface area contributed by atoms with Crippen LogP contribution in [0.5, 0.6) is 0 Å². The Kier molecular flexibility index (Phi) is 4.52. The molecule has 6 nitrogen and oxygen atoms in total. The topological polar surface area (TPSA) is 82.6 Å². The van der Waals surface area contributed by atoms with Crippen LogP contribution in [0.1, 0.15) is 48.8 Å². The van der Waals surface area contributed by atoms with E-state index in [1.165, 1.54) is 0 Å². The van der Waals surface area contributed by atoms with Crippen LogP contribution in [-0.4, -0.2) is 45.7 Å². The molecule has 0 saturated carbocycles. The standard InChI is InChI=1S/C20H24N2O4/c1-12-6-5-7-14-15(17(18(23)24)21-16(12)14)13-8-10-22(11-9-13)19(25)26-20(2,3)4/h5-8,21H,9-11H2,1-4H3,(H,23,24). The maximum absolute atomic E-state index is 12.2. The van der Waals surface area contributed by atoms with Gasteiger partial charge in [-0.1, -0.05) is 24.3 Å².